The lowest BCUT2D eigenvalue weighted by atomic mass is 10.1. The lowest BCUT2D eigenvalue weighted by Crippen LogP contribution is -2.07. The first kappa shape index (κ1) is 14.4. The lowest BCUT2D eigenvalue weighted by molar-refractivity contribution is -0.137. The average Bonchev–Trinajstić information content (AvgIpc) is 3.01. The highest BCUT2D eigenvalue weighted by atomic mass is 19.4. The zero-order valence-corrected chi connectivity index (χ0v) is 11.5. The molecular formula is C16H13F3N2O. The second-order valence-electron chi connectivity index (χ2n) is 4.78. The Morgan fingerprint density at radius 1 is 1.05 bits per heavy atom. The zero-order chi connectivity index (χ0) is 15.6. The number of para-hydroxylation sites is 1. The highest BCUT2D eigenvalue weighted by molar-refractivity contribution is 6.00. The van der Waals surface area contributed by atoms with E-state index in [4.69, 9.17) is 4.74 Å². The number of halogens is 3. The van der Waals surface area contributed by atoms with Crippen molar-refractivity contribution < 1.29 is 17.9 Å². The molecule has 1 aliphatic heterocycles. The van der Waals surface area contributed by atoms with Gasteiger partial charge < -0.3 is 10.1 Å². The molecule has 0 aliphatic carbocycles. The lowest BCUT2D eigenvalue weighted by Gasteiger charge is -2.13. The molecule has 2 aromatic carbocycles. The van der Waals surface area contributed by atoms with Gasteiger partial charge in [-0.3, -0.25) is 0 Å². The maximum atomic E-state index is 12.8. The van der Waals surface area contributed by atoms with Crippen molar-refractivity contribution in [3.05, 3.63) is 59.7 Å². The van der Waals surface area contributed by atoms with Gasteiger partial charge in [0.05, 0.1) is 23.4 Å². The predicted molar refractivity (Wildman–Crippen MR) is 78.5 cm³/mol. The molecule has 0 saturated carbocycles. The number of hydrogen-bond acceptors (Lipinski definition) is 3. The minimum Gasteiger partial charge on any atom is -0.475 e. The highest BCUT2D eigenvalue weighted by Crippen LogP contribution is 2.32. The van der Waals surface area contributed by atoms with E-state index < -0.39 is 11.7 Å². The fourth-order valence-corrected chi connectivity index (χ4v) is 2.21. The van der Waals surface area contributed by atoms with Gasteiger partial charge in [0.1, 0.15) is 6.61 Å². The molecule has 0 fully saturated rings. The number of rotatable bonds is 3. The van der Waals surface area contributed by atoms with Crippen LogP contribution >= 0.6 is 0 Å². The zero-order valence-electron chi connectivity index (χ0n) is 11.5. The Morgan fingerprint density at radius 2 is 1.86 bits per heavy atom. The van der Waals surface area contributed by atoms with Gasteiger partial charge in [0.25, 0.3) is 0 Å². The van der Waals surface area contributed by atoms with E-state index in [0.29, 0.717) is 30.4 Å². The second-order valence-corrected chi connectivity index (χ2v) is 4.78. The first-order chi connectivity index (χ1) is 10.5. The van der Waals surface area contributed by atoms with Crippen LogP contribution in [0.25, 0.3) is 0 Å². The van der Waals surface area contributed by atoms with Crippen LogP contribution in [0, 0.1) is 0 Å². The summed E-state index contributed by atoms with van der Waals surface area (Å²) in [6, 6.07) is 12.3. The first-order valence-corrected chi connectivity index (χ1v) is 6.75. The molecule has 0 saturated heterocycles. The third-order valence-electron chi connectivity index (χ3n) is 3.21. The van der Waals surface area contributed by atoms with Gasteiger partial charge in [0.15, 0.2) is 0 Å². The number of hydrogen-bond donors (Lipinski definition) is 1. The number of nitrogens with zero attached hydrogens (tertiary/aromatic N) is 1. The summed E-state index contributed by atoms with van der Waals surface area (Å²) in [5.41, 5.74) is 1.06. The molecule has 0 aromatic heterocycles. The third-order valence-corrected chi connectivity index (χ3v) is 3.21. The van der Waals surface area contributed by atoms with Gasteiger partial charge in [-0.25, -0.2) is 4.99 Å². The molecule has 0 atom stereocenters. The molecule has 1 N–H and O–H groups in total. The topological polar surface area (TPSA) is 33.6 Å². The van der Waals surface area contributed by atoms with Crippen molar-refractivity contribution in [2.75, 3.05) is 18.5 Å². The van der Waals surface area contributed by atoms with Gasteiger partial charge >= 0.3 is 6.18 Å². The summed E-state index contributed by atoms with van der Waals surface area (Å²) in [7, 11) is 0. The second kappa shape index (κ2) is 5.71. The molecule has 0 unspecified atom stereocenters. The summed E-state index contributed by atoms with van der Waals surface area (Å²) in [6.45, 7) is 1.11. The van der Waals surface area contributed by atoms with Crippen LogP contribution in [0.5, 0.6) is 0 Å². The summed E-state index contributed by atoms with van der Waals surface area (Å²) < 4.78 is 43.7. The number of ether oxygens (including phenoxy) is 1. The van der Waals surface area contributed by atoms with E-state index >= 15 is 0 Å². The van der Waals surface area contributed by atoms with Crippen LogP contribution in [0.4, 0.5) is 24.5 Å². The van der Waals surface area contributed by atoms with Crippen molar-refractivity contribution in [3.8, 4) is 0 Å². The van der Waals surface area contributed by atoms with Crippen LogP contribution < -0.4 is 5.32 Å². The van der Waals surface area contributed by atoms with E-state index in [9.17, 15) is 13.2 Å². The van der Waals surface area contributed by atoms with Crippen LogP contribution in [0.3, 0.4) is 0 Å². The molecule has 1 heterocycles. The maximum absolute atomic E-state index is 12.8. The van der Waals surface area contributed by atoms with Crippen LogP contribution in [0.1, 0.15) is 11.1 Å². The number of alkyl halides is 3. The molecule has 1 aliphatic rings. The molecule has 3 rings (SSSR count). The minimum absolute atomic E-state index is 0.362. The van der Waals surface area contributed by atoms with Gasteiger partial charge in [-0.1, -0.05) is 18.2 Å². The van der Waals surface area contributed by atoms with E-state index in [2.05, 4.69) is 10.3 Å². The summed E-state index contributed by atoms with van der Waals surface area (Å²) in [5.74, 6) is 0.509. The van der Waals surface area contributed by atoms with Crippen LogP contribution in [-0.4, -0.2) is 19.0 Å². The number of nitrogens with one attached hydrogen (secondary N) is 1. The summed E-state index contributed by atoms with van der Waals surface area (Å²) in [5, 5.41) is 3.00. The largest absolute Gasteiger partial charge is 0.475 e. The van der Waals surface area contributed by atoms with E-state index in [-0.39, 0.29) is 0 Å². The Bertz CT molecular complexity index is 711. The molecule has 114 valence electrons. The maximum Gasteiger partial charge on any atom is 0.416 e. The number of aliphatic imine (C=N–C) groups is 1. The fourth-order valence-electron chi connectivity index (χ4n) is 2.21. The Kier molecular flexibility index (Phi) is 3.75. The smallest absolute Gasteiger partial charge is 0.416 e. The van der Waals surface area contributed by atoms with Gasteiger partial charge in [0.2, 0.25) is 5.90 Å². The molecule has 0 amide bonds. The van der Waals surface area contributed by atoms with E-state index in [1.54, 1.807) is 18.2 Å². The Morgan fingerprint density at radius 3 is 2.59 bits per heavy atom. The van der Waals surface area contributed by atoms with Gasteiger partial charge in [-0.15, -0.1) is 0 Å². The number of anilines is 2. The Labute approximate surface area is 125 Å². The highest BCUT2D eigenvalue weighted by Gasteiger charge is 2.30. The predicted octanol–water partition coefficient (Wildman–Crippen LogP) is 4.23. The van der Waals surface area contributed by atoms with Crippen molar-refractivity contribution in [1.82, 2.24) is 0 Å². The van der Waals surface area contributed by atoms with Crippen molar-refractivity contribution in [2.45, 2.75) is 6.18 Å². The molecular weight excluding hydrogens is 293 g/mol. The van der Waals surface area contributed by atoms with Crippen LogP contribution in [-0.2, 0) is 10.9 Å². The summed E-state index contributed by atoms with van der Waals surface area (Å²) >= 11 is 0. The SMILES string of the molecule is FC(F)(F)c1cccc(Nc2ccccc2C2=NCCO2)c1. The van der Waals surface area contributed by atoms with Crippen molar-refractivity contribution in [2.24, 2.45) is 4.99 Å². The molecule has 0 bridgehead atoms. The van der Waals surface area contributed by atoms with E-state index in [0.717, 1.165) is 17.7 Å². The standard InChI is InChI=1S/C16H13F3N2O/c17-16(18,19)11-4-3-5-12(10-11)21-14-7-2-1-6-13(14)15-20-8-9-22-15/h1-7,10,21H,8-9H2. The van der Waals surface area contributed by atoms with Gasteiger partial charge in [-0.05, 0) is 30.3 Å². The molecule has 2 aromatic rings. The fraction of sp³-hybridized carbons (Fsp3) is 0.188. The Balaban J connectivity index is 1.91. The normalized spacial score (nSPS) is 14.4. The first-order valence-electron chi connectivity index (χ1n) is 6.75. The minimum atomic E-state index is -4.37. The van der Waals surface area contributed by atoms with Crippen molar-refractivity contribution in [1.29, 1.82) is 0 Å². The van der Waals surface area contributed by atoms with Gasteiger partial charge in [-0.2, -0.15) is 13.2 Å². The monoisotopic (exact) mass is 306 g/mol. The molecule has 22 heavy (non-hydrogen) atoms. The average molecular weight is 306 g/mol. The quantitative estimate of drug-likeness (QED) is 0.921. The van der Waals surface area contributed by atoms with E-state index in [1.807, 2.05) is 12.1 Å². The molecule has 0 radical (unpaired) electrons. The molecule has 3 nitrogen and oxygen atoms in total. The summed E-state index contributed by atoms with van der Waals surface area (Å²) in [4.78, 5) is 4.24. The third kappa shape index (κ3) is 3.05. The van der Waals surface area contributed by atoms with Crippen LogP contribution in [0.15, 0.2) is 53.5 Å². The molecule has 0 spiro atoms. The van der Waals surface area contributed by atoms with Crippen molar-refractivity contribution >= 4 is 17.3 Å². The van der Waals surface area contributed by atoms with E-state index in [1.165, 1.54) is 6.07 Å². The summed E-state index contributed by atoms with van der Waals surface area (Å²) in [6.07, 6.45) is -4.37. The van der Waals surface area contributed by atoms with Crippen molar-refractivity contribution in [3.63, 3.8) is 0 Å². The Hall–Kier alpha value is -2.50. The number of benzene rings is 2. The molecule has 6 heteroatoms. The van der Waals surface area contributed by atoms with Crippen LogP contribution in [0.2, 0.25) is 0 Å². The van der Waals surface area contributed by atoms with Gasteiger partial charge in [0, 0.05) is 5.69 Å².